The van der Waals surface area contributed by atoms with Crippen LogP contribution in [-0.4, -0.2) is 50.9 Å². The number of H-pyrrole nitrogens is 1. The Morgan fingerprint density at radius 3 is 3.00 bits per heavy atom. The van der Waals surface area contributed by atoms with Crippen LogP contribution in [0.25, 0.3) is 0 Å². The molecule has 1 aliphatic heterocycles. The number of methoxy groups -OCH3 is 1. The maximum absolute atomic E-state index is 12.1. The molecule has 2 rings (SSSR count). The minimum absolute atomic E-state index is 0.0705. The van der Waals surface area contributed by atoms with E-state index in [1.165, 1.54) is 13.3 Å². The molecule has 0 radical (unpaired) electrons. The molecule has 1 aliphatic rings. The summed E-state index contributed by atoms with van der Waals surface area (Å²) in [6.45, 7) is 2.60. The molecule has 2 N–H and O–H groups in total. The van der Waals surface area contributed by atoms with Gasteiger partial charge in [-0.05, 0) is 0 Å². The predicted molar refractivity (Wildman–Crippen MR) is 63.7 cm³/mol. The number of imidazole rings is 1. The molecule has 2 heterocycles. The summed E-state index contributed by atoms with van der Waals surface area (Å²) in [5, 5.41) is 0.0705. The van der Waals surface area contributed by atoms with Crippen LogP contribution < -0.4 is 4.72 Å². The van der Waals surface area contributed by atoms with E-state index in [1.54, 1.807) is 0 Å². The molecule has 1 fully saturated rings. The highest BCUT2D eigenvalue weighted by Gasteiger charge is 2.32. The predicted octanol–water partition coefficient (Wildman–Crippen LogP) is -0.336. The molecule has 1 saturated heterocycles. The van der Waals surface area contributed by atoms with Gasteiger partial charge in [-0.25, -0.2) is 18.1 Å². The van der Waals surface area contributed by atoms with E-state index in [9.17, 15) is 8.42 Å². The van der Waals surface area contributed by atoms with Gasteiger partial charge in [0.05, 0.1) is 31.6 Å². The third kappa shape index (κ3) is 2.72. The smallest absolute Gasteiger partial charge is 0.258 e. The summed E-state index contributed by atoms with van der Waals surface area (Å²) < 4.78 is 37.1. The topological polar surface area (TPSA) is 93.3 Å². The fourth-order valence-corrected chi connectivity index (χ4v) is 2.99. The number of rotatable bonds is 5. The first-order chi connectivity index (χ1) is 8.56. The minimum Gasteiger partial charge on any atom is -0.377 e. The zero-order chi connectivity index (χ0) is 13.2. The maximum Gasteiger partial charge on any atom is 0.258 e. The Balaban J connectivity index is 2.11. The Morgan fingerprint density at radius 1 is 1.61 bits per heavy atom. The molecule has 0 saturated carbocycles. The van der Waals surface area contributed by atoms with Gasteiger partial charge in [0.2, 0.25) is 0 Å². The molecule has 1 aromatic rings. The number of hydrogen-bond donors (Lipinski definition) is 2. The normalized spacial score (nSPS) is 24.6. The summed E-state index contributed by atoms with van der Waals surface area (Å²) in [7, 11) is -2.07. The molecule has 0 bridgehead atoms. The van der Waals surface area contributed by atoms with Gasteiger partial charge in [0.15, 0.2) is 5.03 Å². The molecule has 0 spiro atoms. The molecule has 0 aliphatic carbocycles. The largest absolute Gasteiger partial charge is 0.377 e. The Kier molecular flexibility index (Phi) is 4.00. The first-order valence-corrected chi connectivity index (χ1v) is 7.22. The Labute approximate surface area is 106 Å². The molecule has 0 amide bonds. The lowest BCUT2D eigenvalue weighted by Gasteiger charge is -2.16. The second-order valence-electron chi connectivity index (χ2n) is 4.09. The van der Waals surface area contributed by atoms with Crippen molar-refractivity contribution in [3.05, 3.63) is 12.0 Å². The van der Waals surface area contributed by atoms with Crippen LogP contribution in [-0.2, 0) is 25.9 Å². The van der Waals surface area contributed by atoms with E-state index in [1.807, 2.05) is 6.92 Å². The van der Waals surface area contributed by atoms with Gasteiger partial charge in [-0.15, -0.1) is 0 Å². The van der Waals surface area contributed by atoms with Gasteiger partial charge >= 0.3 is 0 Å². The second-order valence-corrected chi connectivity index (χ2v) is 5.77. The van der Waals surface area contributed by atoms with E-state index in [2.05, 4.69) is 14.7 Å². The molecule has 1 aromatic heterocycles. The molecule has 7 nitrogen and oxygen atoms in total. The van der Waals surface area contributed by atoms with Crippen LogP contribution in [0.4, 0.5) is 0 Å². The quantitative estimate of drug-likeness (QED) is 0.767. The first kappa shape index (κ1) is 13.5. The molecule has 8 heteroatoms. The third-order valence-electron chi connectivity index (χ3n) is 2.87. The van der Waals surface area contributed by atoms with E-state index in [-0.39, 0.29) is 17.2 Å². The van der Waals surface area contributed by atoms with E-state index in [0.717, 1.165) is 0 Å². The molecule has 102 valence electrons. The van der Waals surface area contributed by atoms with Crippen molar-refractivity contribution in [1.29, 1.82) is 0 Å². The van der Waals surface area contributed by atoms with E-state index >= 15 is 0 Å². The van der Waals surface area contributed by atoms with E-state index < -0.39 is 10.0 Å². The highest BCUT2D eigenvalue weighted by atomic mass is 32.2. The lowest BCUT2D eigenvalue weighted by Crippen LogP contribution is -2.43. The van der Waals surface area contributed by atoms with Crippen LogP contribution in [0.1, 0.15) is 12.7 Å². The van der Waals surface area contributed by atoms with E-state index in [4.69, 9.17) is 9.47 Å². The standard InChI is InChI=1S/C10H17N3O4S/c1-3-9-11-4-10(12-9)18(14,15)13-7-5-17-6-8(7)16-2/h4,7-8,13H,3,5-6H2,1-2H3,(H,11,12)/t7-,8-/m0/s1. The number of aromatic amines is 1. The van der Waals surface area contributed by atoms with E-state index in [0.29, 0.717) is 25.5 Å². The number of nitrogens with zero attached hydrogens (tertiary/aromatic N) is 1. The number of aryl methyl sites for hydroxylation is 1. The molecule has 0 aromatic carbocycles. The van der Waals surface area contributed by atoms with Gasteiger partial charge in [-0.3, -0.25) is 0 Å². The van der Waals surface area contributed by atoms with Crippen molar-refractivity contribution in [2.45, 2.75) is 30.5 Å². The van der Waals surface area contributed by atoms with Crippen molar-refractivity contribution in [2.24, 2.45) is 0 Å². The summed E-state index contributed by atoms with van der Waals surface area (Å²) in [5.41, 5.74) is 0. The number of aromatic nitrogens is 2. The summed E-state index contributed by atoms with van der Waals surface area (Å²) in [5.74, 6) is 0.640. The highest BCUT2D eigenvalue weighted by molar-refractivity contribution is 7.89. The fourth-order valence-electron chi connectivity index (χ4n) is 1.80. The van der Waals surface area contributed by atoms with Crippen molar-refractivity contribution in [2.75, 3.05) is 20.3 Å². The van der Waals surface area contributed by atoms with Gasteiger partial charge in [-0.2, -0.15) is 0 Å². The van der Waals surface area contributed by atoms with Crippen LogP contribution in [0, 0.1) is 0 Å². The Bertz CT molecular complexity index is 499. The third-order valence-corrected chi connectivity index (χ3v) is 4.27. The summed E-state index contributed by atoms with van der Waals surface area (Å²) in [4.78, 5) is 6.74. The average Bonchev–Trinajstić information content (AvgIpc) is 2.96. The Hall–Kier alpha value is -0.960. The van der Waals surface area contributed by atoms with Gasteiger partial charge in [0, 0.05) is 13.5 Å². The number of ether oxygens (including phenoxy) is 2. The lowest BCUT2D eigenvalue weighted by atomic mass is 10.2. The highest BCUT2D eigenvalue weighted by Crippen LogP contribution is 2.13. The molecule has 2 atom stereocenters. The zero-order valence-corrected chi connectivity index (χ0v) is 11.2. The van der Waals surface area contributed by atoms with Crippen molar-refractivity contribution in [3.8, 4) is 0 Å². The SMILES string of the molecule is CCc1ncc(S(=O)(=O)N[C@H]2COC[C@@H]2OC)[nH]1. The summed E-state index contributed by atoms with van der Waals surface area (Å²) >= 11 is 0. The van der Waals surface area contributed by atoms with Crippen LogP contribution >= 0.6 is 0 Å². The van der Waals surface area contributed by atoms with Crippen molar-refractivity contribution < 1.29 is 17.9 Å². The summed E-state index contributed by atoms with van der Waals surface area (Å²) in [6.07, 6.45) is 1.72. The number of hydrogen-bond acceptors (Lipinski definition) is 5. The van der Waals surface area contributed by atoms with Crippen molar-refractivity contribution in [3.63, 3.8) is 0 Å². The second kappa shape index (κ2) is 5.35. The van der Waals surface area contributed by atoms with Crippen molar-refractivity contribution in [1.82, 2.24) is 14.7 Å². The monoisotopic (exact) mass is 275 g/mol. The van der Waals surface area contributed by atoms with Crippen LogP contribution in [0.2, 0.25) is 0 Å². The Morgan fingerprint density at radius 2 is 2.39 bits per heavy atom. The number of nitrogens with one attached hydrogen (secondary N) is 2. The van der Waals surface area contributed by atoms with Crippen LogP contribution in [0.5, 0.6) is 0 Å². The lowest BCUT2D eigenvalue weighted by molar-refractivity contribution is 0.0761. The van der Waals surface area contributed by atoms with Gasteiger partial charge in [-0.1, -0.05) is 6.92 Å². The molecule has 18 heavy (non-hydrogen) atoms. The molecular formula is C10H17N3O4S. The number of sulfonamides is 1. The van der Waals surface area contributed by atoms with Gasteiger partial charge < -0.3 is 14.5 Å². The van der Waals surface area contributed by atoms with Crippen LogP contribution in [0.3, 0.4) is 0 Å². The van der Waals surface area contributed by atoms with Crippen LogP contribution in [0.15, 0.2) is 11.2 Å². The first-order valence-electron chi connectivity index (χ1n) is 5.73. The van der Waals surface area contributed by atoms with Crippen molar-refractivity contribution >= 4 is 10.0 Å². The molecule has 0 unspecified atom stereocenters. The average molecular weight is 275 g/mol. The molecular weight excluding hydrogens is 258 g/mol. The zero-order valence-electron chi connectivity index (χ0n) is 10.3. The van der Waals surface area contributed by atoms with Gasteiger partial charge in [0.1, 0.15) is 5.82 Å². The minimum atomic E-state index is -3.60. The van der Waals surface area contributed by atoms with Gasteiger partial charge in [0.25, 0.3) is 10.0 Å². The maximum atomic E-state index is 12.1. The fraction of sp³-hybridized carbons (Fsp3) is 0.700. The summed E-state index contributed by atoms with van der Waals surface area (Å²) in [6, 6.07) is -0.367.